The van der Waals surface area contributed by atoms with E-state index in [4.69, 9.17) is 10.5 Å². The molecule has 0 saturated carbocycles. The zero-order chi connectivity index (χ0) is 12.3. The van der Waals surface area contributed by atoms with Gasteiger partial charge in [0, 0.05) is 11.9 Å². The highest BCUT2D eigenvalue weighted by Crippen LogP contribution is 2.37. The van der Waals surface area contributed by atoms with Gasteiger partial charge in [-0.1, -0.05) is 30.3 Å². The standard InChI is InChI=1S/C13H17NO2S/c1-9-11(7-8-16-9)17-12(13(14)15)10-5-3-2-4-6-10/h2-6,9,11-12H,7-8H2,1H3,(H2,14,15). The molecule has 1 aromatic carbocycles. The monoisotopic (exact) mass is 251 g/mol. The quantitative estimate of drug-likeness (QED) is 0.891. The molecular weight excluding hydrogens is 234 g/mol. The maximum absolute atomic E-state index is 11.6. The predicted octanol–water partition coefficient (Wildman–Crippen LogP) is 2.12. The lowest BCUT2D eigenvalue weighted by Crippen LogP contribution is -2.23. The minimum Gasteiger partial charge on any atom is -0.377 e. The second-order valence-electron chi connectivity index (χ2n) is 4.23. The van der Waals surface area contributed by atoms with Crippen LogP contribution in [-0.4, -0.2) is 23.9 Å². The van der Waals surface area contributed by atoms with E-state index in [0.29, 0.717) is 5.25 Å². The average Bonchev–Trinajstić information content (AvgIpc) is 2.72. The van der Waals surface area contributed by atoms with E-state index in [2.05, 4.69) is 0 Å². The molecule has 1 saturated heterocycles. The highest BCUT2D eigenvalue weighted by Gasteiger charge is 2.30. The van der Waals surface area contributed by atoms with E-state index in [-0.39, 0.29) is 17.3 Å². The molecule has 1 aliphatic heterocycles. The number of thioether (sulfide) groups is 1. The van der Waals surface area contributed by atoms with Gasteiger partial charge in [0.15, 0.2) is 0 Å². The third-order valence-corrected chi connectivity index (χ3v) is 4.72. The summed E-state index contributed by atoms with van der Waals surface area (Å²) < 4.78 is 5.51. The molecule has 0 spiro atoms. The van der Waals surface area contributed by atoms with Crippen molar-refractivity contribution < 1.29 is 9.53 Å². The number of amides is 1. The Balaban J connectivity index is 2.11. The van der Waals surface area contributed by atoms with Gasteiger partial charge in [-0.15, -0.1) is 11.8 Å². The SMILES string of the molecule is CC1OCCC1SC(C(N)=O)c1ccccc1. The van der Waals surface area contributed by atoms with E-state index in [1.165, 1.54) is 0 Å². The molecule has 0 radical (unpaired) electrons. The van der Waals surface area contributed by atoms with Gasteiger partial charge in [0.25, 0.3) is 0 Å². The Labute approximate surface area is 106 Å². The van der Waals surface area contributed by atoms with E-state index < -0.39 is 0 Å². The Morgan fingerprint density at radius 1 is 1.47 bits per heavy atom. The fraction of sp³-hybridized carbons (Fsp3) is 0.462. The first kappa shape index (κ1) is 12.5. The second-order valence-corrected chi connectivity index (χ2v) is 5.58. The number of nitrogens with two attached hydrogens (primary N) is 1. The summed E-state index contributed by atoms with van der Waals surface area (Å²) in [4.78, 5) is 11.6. The lowest BCUT2D eigenvalue weighted by Gasteiger charge is -2.20. The van der Waals surface area contributed by atoms with Crippen molar-refractivity contribution in [2.75, 3.05) is 6.61 Å². The zero-order valence-electron chi connectivity index (χ0n) is 9.84. The lowest BCUT2D eigenvalue weighted by molar-refractivity contribution is -0.117. The van der Waals surface area contributed by atoms with E-state index in [0.717, 1.165) is 18.6 Å². The topological polar surface area (TPSA) is 52.3 Å². The number of hydrogen-bond donors (Lipinski definition) is 1. The summed E-state index contributed by atoms with van der Waals surface area (Å²) in [5.41, 5.74) is 6.47. The Morgan fingerprint density at radius 3 is 2.71 bits per heavy atom. The maximum Gasteiger partial charge on any atom is 0.235 e. The summed E-state index contributed by atoms with van der Waals surface area (Å²) in [6.45, 7) is 2.83. The third-order valence-electron chi connectivity index (χ3n) is 2.98. The highest BCUT2D eigenvalue weighted by molar-refractivity contribution is 8.00. The predicted molar refractivity (Wildman–Crippen MR) is 69.8 cm³/mol. The Morgan fingerprint density at radius 2 is 2.18 bits per heavy atom. The van der Waals surface area contributed by atoms with Crippen molar-refractivity contribution in [3.05, 3.63) is 35.9 Å². The van der Waals surface area contributed by atoms with Gasteiger partial charge in [-0.05, 0) is 18.9 Å². The minimum absolute atomic E-state index is 0.200. The molecule has 3 nitrogen and oxygen atoms in total. The van der Waals surface area contributed by atoms with E-state index in [9.17, 15) is 4.79 Å². The molecule has 17 heavy (non-hydrogen) atoms. The molecule has 2 N–H and O–H groups in total. The minimum atomic E-state index is -0.277. The molecule has 1 aliphatic rings. The van der Waals surface area contributed by atoms with Crippen LogP contribution >= 0.6 is 11.8 Å². The molecule has 0 aromatic heterocycles. The summed E-state index contributed by atoms with van der Waals surface area (Å²) in [6, 6.07) is 9.69. The molecule has 0 bridgehead atoms. The number of carbonyl (C=O) groups is 1. The van der Waals surface area contributed by atoms with Gasteiger partial charge in [0.1, 0.15) is 5.25 Å². The van der Waals surface area contributed by atoms with Crippen molar-refractivity contribution in [1.29, 1.82) is 0 Å². The van der Waals surface area contributed by atoms with Gasteiger partial charge >= 0.3 is 0 Å². The molecule has 0 aliphatic carbocycles. The summed E-state index contributed by atoms with van der Waals surface area (Å²) in [5.74, 6) is -0.277. The molecule has 1 amide bonds. The van der Waals surface area contributed by atoms with Crippen molar-refractivity contribution in [2.45, 2.75) is 29.9 Å². The van der Waals surface area contributed by atoms with Crippen LogP contribution in [0.3, 0.4) is 0 Å². The van der Waals surface area contributed by atoms with Gasteiger partial charge in [-0.2, -0.15) is 0 Å². The van der Waals surface area contributed by atoms with Crippen LogP contribution in [0.15, 0.2) is 30.3 Å². The van der Waals surface area contributed by atoms with Gasteiger partial charge in [0.2, 0.25) is 5.91 Å². The summed E-state index contributed by atoms with van der Waals surface area (Å²) in [5, 5.41) is 0.0815. The van der Waals surface area contributed by atoms with Crippen LogP contribution < -0.4 is 5.73 Å². The van der Waals surface area contributed by atoms with Gasteiger partial charge in [-0.3, -0.25) is 4.79 Å². The molecule has 2 rings (SSSR count). The molecule has 1 fully saturated rings. The number of hydrogen-bond acceptors (Lipinski definition) is 3. The van der Waals surface area contributed by atoms with E-state index in [1.54, 1.807) is 11.8 Å². The van der Waals surface area contributed by atoms with E-state index >= 15 is 0 Å². The normalized spacial score (nSPS) is 25.7. The summed E-state index contributed by atoms with van der Waals surface area (Å²) in [6.07, 6.45) is 1.19. The fourth-order valence-corrected chi connectivity index (χ4v) is 3.33. The zero-order valence-corrected chi connectivity index (χ0v) is 10.7. The molecule has 4 heteroatoms. The van der Waals surface area contributed by atoms with Gasteiger partial charge in [-0.25, -0.2) is 0 Å². The maximum atomic E-state index is 11.6. The van der Waals surface area contributed by atoms with Gasteiger partial charge in [0.05, 0.1) is 6.10 Å². The molecule has 92 valence electrons. The van der Waals surface area contributed by atoms with Crippen LogP contribution in [0.2, 0.25) is 0 Å². The molecule has 1 aromatic rings. The average molecular weight is 251 g/mol. The van der Waals surface area contributed by atoms with Gasteiger partial charge < -0.3 is 10.5 Å². The second kappa shape index (κ2) is 5.56. The Kier molecular flexibility index (Phi) is 4.07. The number of rotatable bonds is 4. The van der Waals surface area contributed by atoms with E-state index in [1.807, 2.05) is 37.3 Å². The first-order valence-electron chi connectivity index (χ1n) is 5.80. The van der Waals surface area contributed by atoms with Crippen molar-refractivity contribution in [3.63, 3.8) is 0 Å². The number of benzene rings is 1. The van der Waals surface area contributed by atoms with Crippen LogP contribution in [0.5, 0.6) is 0 Å². The van der Waals surface area contributed by atoms with Crippen LogP contribution in [0, 0.1) is 0 Å². The summed E-state index contributed by atoms with van der Waals surface area (Å²) >= 11 is 1.62. The van der Waals surface area contributed by atoms with Crippen molar-refractivity contribution in [1.82, 2.24) is 0 Å². The molecule has 1 heterocycles. The number of primary amides is 1. The Bertz CT molecular complexity index is 382. The smallest absolute Gasteiger partial charge is 0.235 e. The van der Waals surface area contributed by atoms with Crippen molar-refractivity contribution in [2.24, 2.45) is 5.73 Å². The number of ether oxygens (including phenoxy) is 1. The molecular formula is C13H17NO2S. The fourth-order valence-electron chi connectivity index (χ4n) is 2.00. The van der Waals surface area contributed by atoms with Crippen LogP contribution in [0.25, 0.3) is 0 Å². The first-order valence-corrected chi connectivity index (χ1v) is 6.74. The largest absolute Gasteiger partial charge is 0.377 e. The Hall–Kier alpha value is -1.00. The third kappa shape index (κ3) is 3.01. The highest BCUT2D eigenvalue weighted by atomic mass is 32.2. The van der Waals surface area contributed by atoms with Crippen LogP contribution in [0.4, 0.5) is 0 Å². The molecule has 3 atom stereocenters. The van der Waals surface area contributed by atoms with Crippen molar-refractivity contribution in [3.8, 4) is 0 Å². The van der Waals surface area contributed by atoms with Crippen LogP contribution in [-0.2, 0) is 9.53 Å². The molecule has 3 unspecified atom stereocenters. The lowest BCUT2D eigenvalue weighted by atomic mass is 10.1. The first-order chi connectivity index (χ1) is 8.18. The summed E-state index contributed by atoms with van der Waals surface area (Å²) in [7, 11) is 0. The van der Waals surface area contributed by atoms with Crippen molar-refractivity contribution >= 4 is 17.7 Å². The number of carbonyl (C=O) groups excluding carboxylic acids is 1. The van der Waals surface area contributed by atoms with Crippen LogP contribution in [0.1, 0.15) is 24.2 Å².